The number of aliphatic carboxylic acids is 1. The maximum atomic E-state index is 12.5. The number of nitrogens with one attached hydrogen (secondary N) is 1. The van der Waals surface area contributed by atoms with Crippen LogP contribution in [0.15, 0.2) is 53.0 Å². The van der Waals surface area contributed by atoms with Crippen LogP contribution >= 0.6 is 15.9 Å². The molecule has 1 atom stereocenters. The molecule has 21 heavy (non-hydrogen) atoms. The molecular formula is C16H14BrNO3. The number of ketones is 1. The van der Waals surface area contributed by atoms with Gasteiger partial charge in [0.2, 0.25) is 0 Å². The summed E-state index contributed by atoms with van der Waals surface area (Å²) < 4.78 is 0.893. The summed E-state index contributed by atoms with van der Waals surface area (Å²) >= 11 is 3.33. The fourth-order valence-electron chi connectivity index (χ4n) is 1.86. The highest BCUT2D eigenvalue weighted by atomic mass is 79.9. The second-order valence-electron chi connectivity index (χ2n) is 4.59. The van der Waals surface area contributed by atoms with E-state index < -0.39 is 12.0 Å². The smallest absolute Gasteiger partial charge is 0.325 e. The van der Waals surface area contributed by atoms with Crippen molar-refractivity contribution in [3.63, 3.8) is 0 Å². The Balaban J connectivity index is 2.33. The van der Waals surface area contributed by atoms with Crippen LogP contribution in [0.5, 0.6) is 0 Å². The van der Waals surface area contributed by atoms with Gasteiger partial charge in [0.1, 0.15) is 6.04 Å². The SMILES string of the molecule is C[C@H](Nc1ccccc1C(=O)c1ccc(Br)cc1)C(=O)O. The fraction of sp³-hybridized carbons (Fsp3) is 0.125. The van der Waals surface area contributed by atoms with Gasteiger partial charge in [0, 0.05) is 21.3 Å². The molecule has 0 spiro atoms. The van der Waals surface area contributed by atoms with Gasteiger partial charge < -0.3 is 10.4 Å². The number of hydrogen-bond donors (Lipinski definition) is 2. The van der Waals surface area contributed by atoms with Gasteiger partial charge in [-0.05, 0) is 43.3 Å². The average Bonchev–Trinajstić information content (AvgIpc) is 2.47. The van der Waals surface area contributed by atoms with E-state index in [9.17, 15) is 9.59 Å². The van der Waals surface area contributed by atoms with Gasteiger partial charge >= 0.3 is 5.97 Å². The molecule has 2 aromatic carbocycles. The molecule has 2 rings (SSSR count). The molecule has 2 aromatic rings. The van der Waals surface area contributed by atoms with E-state index in [0.717, 1.165) is 4.47 Å². The third-order valence-corrected chi connectivity index (χ3v) is 3.55. The van der Waals surface area contributed by atoms with Gasteiger partial charge in [-0.3, -0.25) is 9.59 Å². The summed E-state index contributed by atoms with van der Waals surface area (Å²) in [5.41, 5.74) is 1.52. The quantitative estimate of drug-likeness (QED) is 0.811. The highest BCUT2D eigenvalue weighted by Crippen LogP contribution is 2.21. The van der Waals surface area contributed by atoms with Crippen LogP contribution in [-0.4, -0.2) is 22.9 Å². The molecule has 0 unspecified atom stereocenters. The number of hydrogen-bond acceptors (Lipinski definition) is 3. The Kier molecular flexibility index (Phi) is 4.75. The number of carbonyl (C=O) groups excluding carboxylic acids is 1. The van der Waals surface area contributed by atoms with Crippen LogP contribution in [0.3, 0.4) is 0 Å². The minimum absolute atomic E-state index is 0.150. The van der Waals surface area contributed by atoms with Gasteiger partial charge in [0.25, 0.3) is 0 Å². The van der Waals surface area contributed by atoms with Gasteiger partial charge in [0.15, 0.2) is 5.78 Å². The van der Waals surface area contributed by atoms with E-state index in [2.05, 4.69) is 21.2 Å². The highest BCUT2D eigenvalue weighted by molar-refractivity contribution is 9.10. The lowest BCUT2D eigenvalue weighted by atomic mass is 10.0. The van der Waals surface area contributed by atoms with Gasteiger partial charge in [-0.1, -0.05) is 28.1 Å². The Hall–Kier alpha value is -2.14. The monoisotopic (exact) mass is 347 g/mol. The van der Waals surface area contributed by atoms with Crippen molar-refractivity contribution < 1.29 is 14.7 Å². The molecule has 0 heterocycles. The van der Waals surface area contributed by atoms with E-state index in [1.807, 2.05) is 0 Å². The summed E-state index contributed by atoms with van der Waals surface area (Å²) in [4.78, 5) is 23.5. The van der Waals surface area contributed by atoms with E-state index in [0.29, 0.717) is 16.8 Å². The zero-order valence-electron chi connectivity index (χ0n) is 11.3. The molecule has 0 radical (unpaired) electrons. The molecule has 5 heteroatoms. The summed E-state index contributed by atoms with van der Waals surface area (Å²) in [6.45, 7) is 1.53. The predicted molar refractivity (Wildman–Crippen MR) is 84.7 cm³/mol. The van der Waals surface area contributed by atoms with E-state index in [1.54, 1.807) is 48.5 Å². The second kappa shape index (κ2) is 6.54. The van der Waals surface area contributed by atoms with Crippen LogP contribution in [-0.2, 0) is 4.79 Å². The third kappa shape index (κ3) is 3.70. The number of halogens is 1. The number of benzene rings is 2. The van der Waals surface area contributed by atoms with Gasteiger partial charge in [0.05, 0.1) is 0 Å². The molecular weight excluding hydrogens is 334 g/mol. The van der Waals surface area contributed by atoms with Crippen molar-refractivity contribution in [3.05, 3.63) is 64.1 Å². The predicted octanol–water partition coefficient (Wildman–Crippen LogP) is 3.57. The Bertz CT molecular complexity index is 667. The molecule has 108 valence electrons. The van der Waals surface area contributed by atoms with Crippen LogP contribution in [0.1, 0.15) is 22.8 Å². The van der Waals surface area contributed by atoms with E-state index >= 15 is 0 Å². The molecule has 0 aliphatic rings. The van der Waals surface area contributed by atoms with Crippen LogP contribution in [0.25, 0.3) is 0 Å². The molecule has 0 saturated carbocycles. The first kappa shape index (κ1) is 15.3. The zero-order chi connectivity index (χ0) is 15.4. The average molecular weight is 348 g/mol. The van der Waals surface area contributed by atoms with Crippen LogP contribution in [0.2, 0.25) is 0 Å². The summed E-state index contributed by atoms with van der Waals surface area (Å²) in [6, 6.07) is 13.2. The number of carbonyl (C=O) groups is 2. The van der Waals surface area contributed by atoms with Crippen LogP contribution in [0, 0.1) is 0 Å². The van der Waals surface area contributed by atoms with E-state index in [4.69, 9.17) is 5.11 Å². The van der Waals surface area contributed by atoms with Crippen molar-refractivity contribution in [2.24, 2.45) is 0 Å². The van der Waals surface area contributed by atoms with Crippen molar-refractivity contribution in [1.82, 2.24) is 0 Å². The first-order valence-electron chi connectivity index (χ1n) is 6.37. The lowest BCUT2D eigenvalue weighted by Crippen LogP contribution is -2.26. The number of carboxylic acids is 1. The van der Waals surface area contributed by atoms with Gasteiger partial charge in [-0.25, -0.2) is 0 Å². The third-order valence-electron chi connectivity index (χ3n) is 3.02. The lowest BCUT2D eigenvalue weighted by molar-refractivity contribution is -0.137. The highest BCUT2D eigenvalue weighted by Gasteiger charge is 2.17. The zero-order valence-corrected chi connectivity index (χ0v) is 12.9. The Morgan fingerprint density at radius 2 is 1.71 bits per heavy atom. The maximum Gasteiger partial charge on any atom is 0.325 e. The van der Waals surface area contributed by atoms with Gasteiger partial charge in [-0.2, -0.15) is 0 Å². The molecule has 0 aromatic heterocycles. The number of para-hydroxylation sites is 1. The first-order chi connectivity index (χ1) is 9.99. The number of anilines is 1. The standard InChI is InChI=1S/C16H14BrNO3/c1-10(16(20)21)18-14-5-3-2-4-13(14)15(19)11-6-8-12(17)9-7-11/h2-10,18H,1H3,(H,20,21)/t10-/m0/s1. The summed E-state index contributed by atoms with van der Waals surface area (Å²) in [5, 5.41) is 11.8. The fourth-order valence-corrected chi connectivity index (χ4v) is 2.12. The molecule has 4 nitrogen and oxygen atoms in total. The largest absolute Gasteiger partial charge is 0.480 e. The molecule has 0 aliphatic heterocycles. The molecule has 0 bridgehead atoms. The Labute approximate surface area is 130 Å². The number of carboxylic acid groups (broad SMARTS) is 1. The van der Waals surface area contributed by atoms with Crippen molar-refractivity contribution in [3.8, 4) is 0 Å². The first-order valence-corrected chi connectivity index (χ1v) is 7.17. The molecule has 0 amide bonds. The summed E-state index contributed by atoms with van der Waals surface area (Å²) in [5.74, 6) is -1.12. The summed E-state index contributed by atoms with van der Waals surface area (Å²) in [7, 11) is 0. The van der Waals surface area contributed by atoms with Crippen LogP contribution in [0.4, 0.5) is 5.69 Å². The van der Waals surface area contributed by atoms with E-state index in [-0.39, 0.29) is 5.78 Å². The van der Waals surface area contributed by atoms with Crippen LogP contribution < -0.4 is 5.32 Å². The Morgan fingerprint density at radius 3 is 2.33 bits per heavy atom. The minimum atomic E-state index is -0.971. The van der Waals surface area contributed by atoms with Crippen molar-refractivity contribution in [2.45, 2.75) is 13.0 Å². The van der Waals surface area contributed by atoms with E-state index in [1.165, 1.54) is 6.92 Å². The van der Waals surface area contributed by atoms with Gasteiger partial charge in [-0.15, -0.1) is 0 Å². The molecule has 2 N–H and O–H groups in total. The molecule has 0 saturated heterocycles. The topological polar surface area (TPSA) is 66.4 Å². The lowest BCUT2D eigenvalue weighted by Gasteiger charge is -2.14. The maximum absolute atomic E-state index is 12.5. The summed E-state index contributed by atoms with van der Waals surface area (Å²) in [6.07, 6.45) is 0. The minimum Gasteiger partial charge on any atom is -0.480 e. The molecule has 0 aliphatic carbocycles. The second-order valence-corrected chi connectivity index (χ2v) is 5.50. The van der Waals surface area contributed by atoms with Crippen molar-refractivity contribution >= 4 is 33.4 Å². The van der Waals surface area contributed by atoms with Crippen molar-refractivity contribution in [1.29, 1.82) is 0 Å². The Morgan fingerprint density at radius 1 is 1.10 bits per heavy atom. The normalized spacial score (nSPS) is 11.7. The van der Waals surface area contributed by atoms with Crippen molar-refractivity contribution in [2.75, 3.05) is 5.32 Å². The molecule has 0 fully saturated rings. The number of rotatable bonds is 5.